The van der Waals surface area contributed by atoms with Crippen LogP contribution in [-0.4, -0.2) is 43.7 Å². The summed E-state index contributed by atoms with van der Waals surface area (Å²) in [6, 6.07) is 14.2. The number of likely N-dealkylation sites (tertiary alicyclic amines) is 1. The fourth-order valence-electron chi connectivity index (χ4n) is 3.98. The van der Waals surface area contributed by atoms with Gasteiger partial charge in [-0.05, 0) is 63.6 Å². The maximum Gasteiger partial charge on any atom is 0.254 e. The fraction of sp³-hybridized carbons (Fsp3) is 0.480. The lowest BCUT2D eigenvalue weighted by molar-refractivity contribution is 0.0689. The average Bonchev–Trinajstić information content (AvgIpc) is 2.77. The molecule has 2 aromatic carbocycles. The van der Waals surface area contributed by atoms with Gasteiger partial charge in [-0.2, -0.15) is 0 Å². The zero-order chi connectivity index (χ0) is 21.3. The van der Waals surface area contributed by atoms with Crippen LogP contribution in [0.25, 0.3) is 0 Å². The smallest absolute Gasteiger partial charge is 0.254 e. The highest BCUT2D eigenvalue weighted by Gasteiger charge is 2.26. The minimum atomic E-state index is 0.0260. The Hall–Kier alpha value is -2.69. The summed E-state index contributed by atoms with van der Waals surface area (Å²) >= 11 is 0. The summed E-state index contributed by atoms with van der Waals surface area (Å²) in [5.41, 5.74) is 1.96. The first-order valence-electron chi connectivity index (χ1n) is 11.1. The van der Waals surface area contributed by atoms with Crippen LogP contribution in [0.15, 0.2) is 42.5 Å². The lowest BCUT2D eigenvalue weighted by Gasteiger charge is -2.32. The molecule has 1 heterocycles. The molecule has 3 rings (SSSR count). The normalized spacial score (nSPS) is 14.4. The number of hydrogen-bond donors (Lipinski definition) is 0. The fourth-order valence-corrected chi connectivity index (χ4v) is 3.98. The van der Waals surface area contributed by atoms with Crippen molar-refractivity contribution < 1.29 is 19.0 Å². The number of piperidine rings is 1. The van der Waals surface area contributed by atoms with Crippen LogP contribution in [0.2, 0.25) is 0 Å². The third kappa shape index (κ3) is 5.47. The molecule has 1 saturated heterocycles. The molecule has 0 unspecified atom stereocenters. The number of rotatable bonds is 9. The van der Waals surface area contributed by atoms with Crippen molar-refractivity contribution in [3.05, 3.63) is 53.6 Å². The van der Waals surface area contributed by atoms with Crippen LogP contribution < -0.4 is 14.2 Å². The topological polar surface area (TPSA) is 48.0 Å². The highest BCUT2D eigenvalue weighted by molar-refractivity contribution is 5.95. The number of benzene rings is 2. The Labute approximate surface area is 179 Å². The van der Waals surface area contributed by atoms with Gasteiger partial charge in [-0.15, -0.1) is 0 Å². The summed E-state index contributed by atoms with van der Waals surface area (Å²) in [4.78, 5) is 15.2. The molecule has 162 valence electrons. The zero-order valence-corrected chi connectivity index (χ0v) is 18.4. The molecule has 5 nitrogen and oxygen atoms in total. The van der Waals surface area contributed by atoms with E-state index in [1.807, 2.05) is 25.7 Å². The van der Waals surface area contributed by atoms with Crippen molar-refractivity contribution in [2.24, 2.45) is 5.92 Å². The summed E-state index contributed by atoms with van der Waals surface area (Å²) in [6.07, 6.45) is 3.12. The van der Waals surface area contributed by atoms with Gasteiger partial charge < -0.3 is 19.1 Å². The molecule has 0 N–H and O–H groups in total. The molecule has 0 aromatic heterocycles. The Balaban J connectivity index is 1.71. The van der Waals surface area contributed by atoms with E-state index in [4.69, 9.17) is 14.2 Å². The van der Waals surface area contributed by atoms with E-state index in [1.54, 1.807) is 12.1 Å². The monoisotopic (exact) mass is 411 g/mol. The quantitative estimate of drug-likeness (QED) is 0.584. The highest BCUT2D eigenvalue weighted by Crippen LogP contribution is 2.39. The Morgan fingerprint density at radius 3 is 2.00 bits per heavy atom. The van der Waals surface area contributed by atoms with Crippen molar-refractivity contribution in [3.8, 4) is 17.2 Å². The summed E-state index contributed by atoms with van der Waals surface area (Å²) in [6.45, 7) is 8.80. The maximum atomic E-state index is 13.2. The van der Waals surface area contributed by atoms with Crippen LogP contribution in [0.4, 0.5) is 0 Å². The third-order valence-corrected chi connectivity index (χ3v) is 5.43. The summed E-state index contributed by atoms with van der Waals surface area (Å²) in [7, 11) is 0. The van der Waals surface area contributed by atoms with Crippen molar-refractivity contribution in [2.45, 2.75) is 40.0 Å². The molecular weight excluding hydrogens is 378 g/mol. The molecule has 0 aliphatic carbocycles. The van der Waals surface area contributed by atoms with E-state index >= 15 is 0 Å². The van der Waals surface area contributed by atoms with E-state index in [9.17, 15) is 4.79 Å². The first kappa shape index (κ1) is 22.0. The standard InChI is InChI=1S/C25H33NO4/c1-4-28-22-17-21(18-23(29-5-2)24(22)30-6-3)25(27)26-14-12-20(13-15-26)16-19-10-8-7-9-11-19/h7-11,17-18,20H,4-6,12-16H2,1-3H3. The van der Waals surface area contributed by atoms with E-state index in [0.717, 1.165) is 32.4 Å². The lowest BCUT2D eigenvalue weighted by atomic mass is 9.90. The molecule has 30 heavy (non-hydrogen) atoms. The predicted octanol–water partition coefficient (Wildman–Crippen LogP) is 4.98. The average molecular weight is 412 g/mol. The van der Waals surface area contributed by atoms with Gasteiger partial charge in [0.1, 0.15) is 0 Å². The van der Waals surface area contributed by atoms with Gasteiger partial charge in [0.2, 0.25) is 5.75 Å². The Morgan fingerprint density at radius 1 is 0.900 bits per heavy atom. The largest absolute Gasteiger partial charge is 0.490 e. The first-order chi connectivity index (χ1) is 14.7. The molecular formula is C25H33NO4. The molecule has 1 amide bonds. The molecule has 0 radical (unpaired) electrons. The van der Waals surface area contributed by atoms with Gasteiger partial charge in [-0.1, -0.05) is 30.3 Å². The molecule has 1 aliphatic rings. The summed E-state index contributed by atoms with van der Waals surface area (Å²) in [5.74, 6) is 2.34. The Morgan fingerprint density at radius 2 is 1.47 bits per heavy atom. The molecule has 0 bridgehead atoms. The summed E-state index contributed by atoms with van der Waals surface area (Å²) < 4.78 is 17.3. The first-order valence-corrected chi connectivity index (χ1v) is 11.1. The minimum absolute atomic E-state index is 0.0260. The predicted molar refractivity (Wildman–Crippen MR) is 119 cm³/mol. The van der Waals surface area contributed by atoms with Crippen molar-refractivity contribution in [3.63, 3.8) is 0 Å². The molecule has 2 aromatic rings. The minimum Gasteiger partial charge on any atom is -0.490 e. The third-order valence-electron chi connectivity index (χ3n) is 5.43. The molecule has 5 heteroatoms. The molecule has 0 spiro atoms. The number of carbonyl (C=O) groups is 1. The van der Waals surface area contributed by atoms with Crippen molar-refractivity contribution >= 4 is 5.91 Å². The van der Waals surface area contributed by atoms with Crippen LogP contribution in [0.5, 0.6) is 17.2 Å². The van der Waals surface area contributed by atoms with Crippen molar-refractivity contribution in [2.75, 3.05) is 32.9 Å². The number of hydrogen-bond acceptors (Lipinski definition) is 4. The van der Waals surface area contributed by atoms with Crippen LogP contribution in [0.1, 0.15) is 49.5 Å². The summed E-state index contributed by atoms with van der Waals surface area (Å²) in [5, 5.41) is 0. The second-order valence-electron chi connectivity index (χ2n) is 7.53. The van der Waals surface area contributed by atoms with E-state index in [0.29, 0.717) is 48.6 Å². The molecule has 1 fully saturated rings. The van der Waals surface area contributed by atoms with Crippen LogP contribution in [-0.2, 0) is 6.42 Å². The maximum absolute atomic E-state index is 13.2. The number of carbonyl (C=O) groups excluding carboxylic acids is 1. The van der Waals surface area contributed by atoms with E-state index in [1.165, 1.54) is 5.56 Å². The van der Waals surface area contributed by atoms with Crippen LogP contribution >= 0.6 is 0 Å². The van der Waals surface area contributed by atoms with Crippen LogP contribution in [0, 0.1) is 5.92 Å². The van der Waals surface area contributed by atoms with Gasteiger partial charge >= 0.3 is 0 Å². The van der Waals surface area contributed by atoms with Gasteiger partial charge in [-0.25, -0.2) is 0 Å². The molecule has 0 atom stereocenters. The van der Waals surface area contributed by atoms with E-state index in [-0.39, 0.29) is 5.91 Å². The highest BCUT2D eigenvalue weighted by atomic mass is 16.5. The van der Waals surface area contributed by atoms with E-state index < -0.39 is 0 Å². The van der Waals surface area contributed by atoms with E-state index in [2.05, 4.69) is 30.3 Å². The van der Waals surface area contributed by atoms with Gasteiger partial charge in [0.05, 0.1) is 19.8 Å². The Kier molecular flexibility index (Phi) is 8.00. The van der Waals surface area contributed by atoms with Crippen LogP contribution in [0.3, 0.4) is 0 Å². The second kappa shape index (κ2) is 10.9. The second-order valence-corrected chi connectivity index (χ2v) is 7.53. The lowest BCUT2D eigenvalue weighted by Crippen LogP contribution is -2.39. The molecule has 0 saturated carbocycles. The number of amides is 1. The SMILES string of the molecule is CCOc1cc(C(=O)N2CCC(Cc3ccccc3)CC2)cc(OCC)c1OCC. The molecule has 1 aliphatic heterocycles. The number of ether oxygens (including phenoxy) is 3. The Bertz CT molecular complexity index is 786. The van der Waals surface area contributed by atoms with Crippen molar-refractivity contribution in [1.29, 1.82) is 0 Å². The zero-order valence-electron chi connectivity index (χ0n) is 18.4. The van der Waals surface area contributed by atoms with Gasteiger partial charge in [0.25, 0.3) is 5.91 Å². The number of nitrogens with zero attached hydrogens (tertiary/aromatic N) is 1. The van der Waals surface area contributed by atoms with Gasteiger partial charge in [0.15, 0.2) is 11.5 Å². The van der Waals surface area contributed by atoms with Crippen molar-refractivity contribution in [1.82, 2.24) is 4.90 Å². The van der Waals surface area contributed by atoms with Gasteiger partial charge in [-0.3, -0.25) is 4.79 Å². The van der Waals surface area contributed by atoms with Gasteiger partial charge in [0, 0.05) is 18.7 Å².